The van der Waals surface area contributed by atoms with Crippen LogP contribution in [0.3, 0.4) is 0 Å². The zero-order valence-corrected chi connectivity index (χ0v) is 5.44. The predicted octanol–water partition coefficient (Wildman–Crippen LogP) is -1.11. The molecule has 0 unspecified atom stereocenters. The Bertz CT molecular complexity index is 297. The van der Waals surface area contributed by atoms with Crippen LogP contribution in [-0.2, 0) is 0 Å². The van der Waals surface area contributed by atoms with Crippen LogP contribution in [0.5, 0.6) is 11.8 Å². The maximum atomic E-state index is 8.80. The van der Waals surface area contributed by atoms with E-state index >= 15 is 0 Å². The summed E-state index contributed by atoms with van der Waals surface area (Å²) >= 11 is 0. The molecule has 0 radical (unpaired) electrons. The van der Waals surface area contributed by atoms with Gasteiger partial charge in [-0.2, -0.15) is 10.2 Å². The fraction of sp³-hybridized carbons (Fsp3) is 0. The number of hydrogen-bond donors (Lipinski definition) is 2. The fourth-order valence-electron chi connectivity index (χ4n) is 0.526. The minimum absolute atomic E-state index is 0. The van der Waals surface area contributed by atoms with Gasteiger partial charge in [0.25, 0.3) is 0 Å². The summed E-state index contributed by atoms with van der Waals surface area (Å²) in [5, 5.41) is 25.7. The zero-order valence-electron chi connectivity index (χ0n) is 5.44. The summed E-state index contributed by atoms with van der Waals surface area (Å²) in [6.45, 7) is 0. The van der Waals surface area contributed by atoms with Crippen LogP contribution in [0.4, 0.5) is 0 Å². The van der Waals surface area contributed by atoms with Gasteiger partial charge in [-0.25, -0.2) is 0 Å². The maximum absolute atomic E-state index is 8.80. The molecular weight excluding hydrogens is 171 g/mol. The average Bonchev–Trinajstić information content (AvgIpc) is 1.88. The van der Waals surface area contributed by atoms with E-state index in [0.717, 1.165) is 0 Å². The second-order valence-corrected chi connectivity index (χ2v) is 1.65. The van der Waals surface area contributed by atoms with Gasteiger partial charge in [-0.3, -0.25) is 0 Å². The fourth-order valence-corrected chi connectivity index (χ4v) is 0.526. The van der Waals surface area contributed by atoms with Gasteiger partial charge in [0.2, 0.25) is 11.8 Å². The number of nitrogens with zero attached hydrogens (tertiary/aromatic N) is 2. The third-order valence-corrected chi connectivity index (χ3v) is 0.981. The molecule has 1 heterocycles. The van der Waals surface area contributed by atoms with Gasteiger partial charge >= 0.3 is 29.6 Å². The monoisotopic (exact) mass is 178 g/mol. The Kier molecular flexibility index (Phi) is 6.65. The molecular formula is C6H7N2NaO3. The summed E-state index contributed by atoms with van der Waals surface area (Å²) in [7, 11) is 0. The van der Waals surface area contributed by atoms with E-state index in [9.17, 15) is 0 Å². The van der Waals surface area contributed by atoms with Gasteiger partial charge in [0, 0.05) is 6.07 Å². The summed E-state index contributed by atoms with van der Waals surface area (Å²) in [5.74, 6) is -0.737. The number of hydrogen-bond acceptors (Lipinski definition) is 4. The van der Waals surface area contributed by atoms with Crippen molar-refractivity contribution >= 4 is 29.6 Å². The van der Waals surface area contributed by atoms with Gasteiger partial charge in [-0.1, -0.05) is 0 Å². The van der Waals surface area contributed by atoms with E-state index in [1.54, 1.807) is 6.07 Å². The molecule has 0 atom stereocenters. The molecule has 4 N–H and O–H groups in total. The quantitative estimate of drug-likeness (QED) is 0.491. The third kappa shape index (κ3) is 3.07. The van der Waals surface area contributed by atoms with Gasteiger partial charge in [0.05, 0.1) is 0 Å². The van der Waals surface area contributed by atoms with Gasteiger partial charge in [0.1, 0.15) is 11.6 Å². The van der Waals surface area contributed by atoms with Crippen LogP contribution in [0.25, 0.3) is 0 Å². The molecule has 12 heavy (non-hydrogen) atoms. The summed E-state index contributed by atoms with van der Waals surface area (Å²) < 4.78 is 0. The molecule has 60 valence electrons. The van der Waals surface area contributed by atoms with Gasteiger partial charge in [0.15, 0.2) is 0 Å². The molecule has 1 rings (SSSR count). The Morgan fingerprint density at radius 2 is 1.92 bits per heavy atom. The van der Waals surface area contributed by atoms with Crippen molar-refractivity contribution in [2.24, 2.45) is 0 Å². The molecule has 1 aromatic heterocycles. The van der Waals surface area contributed by atoms with Gasteiger partial charge in [-0.05, 0) is 6.07 Å². The summed E-state index contributed by atoms with van der Waals surface area (Å²) in [6.07, 6.45) is 0. The molecule has 0 spiro atoms. The first-order valence-electron chi connectivity index (χ1n) is 2.53. The van der Waals surface area contributed by atoms with E-state index in [1.807, 2.05) is 0 Å². The topological polar surface area (TPSA) is 109 Å². The van der Waals surface area contributed by atoms with Gasteiger partial charge < -0.3 is 15.7 Å². The van der Waals surface area contributed by atoms with Crippen molar-refractivity contribution in [3.8, 4) is 17.8 Å². The zero-order chi connectivity index (χ0) is 7.56. The molecule has 1 aromatic rings. The van der Waals surface area contributed by atoms with E-state index in [4.69, 9.17) is 15.5 Å². The van der Waals surface area contributed by atoms with E-state index in [2.05, 4.69) is 4.98 Å². The van der Waals surface area contributed by atoms with Crippen molar-refractivity contribution in [2.75, 3.05) is 0 Å². The van der Waals surface area contributed by atoms with Crippen LogP contribution in [0.2, 0.25) is 0 Å². The number of pyridine rings is 1. The Labute approximate surface area is 90.9 Å². The van der Waals surface area contributed by atoms with Crippen molar-refractivity contribution in [1.82, 2.24) is 4.98 Å². The summed E-state index contributed by atoms with van der Waals surface area (Å²) in [4.78, 5) is 3.23. The number of aromatic nitrogens is 1. The van der Waals surface area contributed by atoms with Crippen LogP contribution < -0.4 is 0 Å². The number of rotatable bonds is 0. The van der Waals surface area contributed by atoms with E-state index in [-0.39, 0.29) is 46.5 Å². The molecule has 0 saturated carbocycles. The summed E-state index contributed by atoms with van der Waals surface area (Å²) in [6, 6.07) is 4.22. The number of nitriles is 1. The average molecular weight is 178 g/mol. The predicted molar refractivity (Wildman–Crippen MR) is 43.0 cm³/mol. The van der Waals surface area contributed by atoms with Crippen molar-refractivity contribution < 1.29 is 15.7 Å². The Morgan fingerprint density at radius 3 is 2.33 bits per heavy atom. The molecule has 0 aliphatic heterocycles. The molecule has 6 heteroatoms. The van der Waals surface area contributed by atoms with Crippen LogP contribution in [-0.4, -0.2) is 50.2 Å². The molecule has 0 aliphatic rings. The first-order chi connectivity index (χ1) is 4.74. The van der Waals surface area contributed by atoms with Crippen LogP contribution in [0.1, 0.15) is 5.56 Å². The van der Waals surface area contributed by atoms with E-state index in [0.29, 0.717) is 0 Å². The van der Waals surface area contributed by atoms with Crippen molar-refractivity contribution in [1.29, 1.82) is 5.26 Å². The first kappa shape index (κ1) is 13.8. The Hall–Kier alpha value is -0.800. The second-order valence-electron chi connectivity index (χ2n) is 1.65. The molecule has 0 aliphatic carbocycles. The van der Waals surface area contributed by atoms with Crippen molar-refractivity contribution in [3.05, 3.63) is 17.7 Å². The van der Waals surface area contributed by atoms with Crippen LogP contribution in [0.15, 0.2) is 12.1 Å². The van der Waals surface area contributed by atoms with Crippen LogP contribution >= 0.6 is 0 Å². The SMILES string of the molecule is N#Cc1ccc(O)nc1O.O.[NaH]. The standard InChI is InChI=1S/C6H4N2O2.Na.H2O.H/c7-3-4-1-2-5(9)8-6(4)10;;;/h1-2H,(H2,8,9,10);;1H2;. The third-order valence-electron chi connectivity index (χ3n) is 0.981. The molecule has 0 saturated heterocycles. The van der Waals surface area contributed by atoms with E-state index in [1.165, 1.54) is 12.1 Å². The number of aromatic hydroxyl groups is 2. The van der Waals surface area contributed by atoms with Crippen LogP contribution in [0, 0.1) is 11.3 Å². The molecule has 5 nitrogen and oxygen atoms in total. The van der Waals surface area contributed by atoms with E-state index < -0.39 is 5.88 Å². The first-order valence-corrected chi connectivity index (χ1v) is 2.53. The van der Waals surface area contributed by atoms with Crippen molar-refractivity contribution in [2.45, 2.75) is 0 Å². The minimum atomic E-state index is -0.442. The van der Waals surface area contributed by atoms with Crippen molar-refractivity contribution in [3.63, 3.8) is 0 Å². The second kappa shape index (κ2) is 5.80. The van der Waals surface area contributed by atoms with Gasteiger partial charge in [-0.15, -0.1) is 0 Å². The molecule has 0 fully saturated rings. The summed E-state index contributed by atoms with van der Waals surface area (Å²) in [5.41, 5.74) is 0.0535. The molecule has 0 bridgehead atoms. The Morgan fingerprint density at radius 1 is 1.33 bits per heavy atom. The molecule has 0 aromatic carbocycles. The normalized spacial score (nSPS) is 7.25. The molecule has 0 amide bonds. The Balaban J connectivity index is 0.